The Morgan fingerprint density at radius 3 is 2.76 bits per heavy atom. The molecule has 0 aromatic heterocycles. The van der Waals surface area contributed by atoms with Crippen LogP contribution in [-0.4, -0.2) is 26.7 Å². The summed E-state index contributed by atoms with van der Waals surface area (Å²) in [4.78, 5) is 13.7. The number of rotatable bonds is 3. The van der Waals surface area contributed by atoms with E-state index in [-0.39, 0.29) is 24.1 Å². The molecule has 2 heterocycles. The number of ether oxygens (including phenoxy) is 3. The highest BCUT2D eigenvalue weighted by Crippen LogP contribution is 2.39. The summed E-state index contributed by atoms with van der Waals surface area (Å²) in [6.45, 7) is 0.686. The van der Waals surface area contributed by atoms with Crippen molar-refractivity contribution >= 4 is 11.9 Å². The van der Waals surface area contributed by atoms with Gasteiger partial charge >= 0.3 is 0 Å². The van der Waals surface area contributed by atoms with Crippen LogP contribution in [0.25, 0.3) is 6.08 Å². The zero-order valence-corrected chi connectivity index (χ0v) is 13.9. The molecule has 2 aliphatic rings. The van der Waals surface area contributed by atoms with Gasteiger partial charge in [-0.1, -0.05) is 17.9 Å². The molecule has 25 heavy (non-hydrogen) atoms. The van der Waals surface area contributed by atoms with E-state index in [9.17, 15) is 9.90 Å². The van der Waals surface area contributed by atoms with E-state index in [1.807, 2.05) is 20.2 Å². The predicted molar refractivity (Wildman–Crippen MR) is 87.9 cm³/mol. The van der Waals surface area contributed by atoms with Crippen molar-refractivity contribution in [2.45, 2.75) is 6.54 Å². The van der Waals surface area contributed by atoms with Crippen LogP contribution in [0.15, 0.2) is 36.1 Å². The summed E-state index contributed by atoms with van der Waals surface area (Å²) in [6, 6.07) is 8.37. The lowest BCUT2D eigenvalue weighted by Crippen LogP contribution is -3.04. The van der Waals surface area contributed by atoms with Crippen LogP contribution in [0.2, 0.25) is 0 Å². The average Bonchev–Trinajstić information content (AvgIpc) is 3.15. The number of fused-ring (bicyclic) bond motifs is 2. The van der Waals surface area contributed by atoms with Crippen molar-refractivity contribution in [2.24, 2.45) is 0 Å². The standard InChI is InChI=1S/C19H17NO5/c1-20(2)9-13-14(21)5-4-12-18(22)17(25-19(12)13)8-11-3-6-15-16(7-11)24-10-23-15/h3-8,21H,9-10H2,1-2H3/b17-8-. The van der Waals surface area contributed by atoms with Crippen molar-refractivity contribution in [2.75, 3.05) is 20.9 Å². The number of ketones is 1. The molecule has 0 radical (unpaired) electrons. The van der Waals surface area contributed by atoms with Crippen LogP contribution in [-0.2, 0) is 6.54 Å². The molecule has 6 nitrogen and oxygen atoms in total. The molecule has 0 fully saturated rings. The van der Waals surface area contributed by atoms with E-state index < -0.39 is 0 Å². The molecule has 128 valence electrons. The second-order valence-electron chi connectivity index (χ2n) is 6.36. The molecular weight excluding hydrogens is 322 g/mol. The molecule has 0 atom stereocenters. The van der Waals surface area contributed by atoms with Crippen molar-refractivity contribution in [3.05, 3.63) is 52.8 Å². The first-order chi connectivity index (χ1) is 12.0. The zero-order valence-electron chi connectivity index (χ0n) is 13.9. The number of carbonyl (C=O) groups excluding carboxylic acids is 1. The highest BCUT2D eigenvalue weighted by molar-refractivity contribution is 6.15. The van der Waals surface area contributed by atoms with Crippen molar-refractivity contribution in [1.29, 1.82) is 0 Å². The van der Waals surface area contributed by atoms with E-state index in [1.54, 1.807) is 18.2 Å². The molecule has 0 saturated carbocycles. The van der Waals surface area contributed by atoms with E-state index >= 15 is 0 Å². The number of carbonyl (C=O) groups is 1. The summed E-state index contributed by atoms with van der Waals surface area (Å²) in [6.07, 6.45) is 1.65. The van der Waals surface area contributed by atoms with Crippen molar-refractivity contribution in [3.8, 4) is 23.0 Å². The number of Topliss-reactive ketones (excluding diaryl/α,β-unsaturated/α-hetero) is 1. The minimum absolute atomic E-state index is 0.114. The fraction of sp³-hybridized carbons (Fsp3) is 0.211. The van der Waals surface area contributed by atoms with Crippen molar-refractivity contribution in [3.63, 3.8) is 0 Å². The molecule has 2 aromatic carbocycles. The van der Waals surface area contributed by atoms with Gasteiger partial charge in [-0.25, -0.2) is 0 Å². The second-order valence-corrected chi connectivity index (χ2v) is 6.36. The maximum atomic E-state index is 12.6. The van der Waals surface area contributed by atoms with Crippen molar-refractivity contribution < 1.29 is 29.0 Å². The van der Waals surface area contributed by atoms with Gasteiger partial charge in [-0.3, -0.25) is 4.79 Å². The van der Waals surface area contributed by atoms with Gasteiger partial charge in [0, 0.05) is 5.56 Å². The first-order valence-corrected chi connectivity index (χ1v) is 7.99. The van der Waals surface area contributed by atoms with Gasteiger partial charge in [0.1, 0.15) is 12.3 Å². The molecule has 4 rings (SSSR count). The van der Waals surface area contributed by atoms with Gasteiger partial charge in [-0.2, -0.15) is 0 Å². The number of allylic oxidation sites excluding steroid dienone is 1. The highest BCUT2D eigenvalue weighted by atomic mass is 16.7. The molecule has 2 aliphatic heterocycles. The Morgan fingerprint density at radius 2 is 1.96 bits per heavy atom. The quantitative estimate of drug-likeness (QED) is 0.836. The van der Waals surface area contributed by atoms with Gasteiger partial charge < -0.3 is 24.2 Å². The van der Waals surface area contributed by atoms with Crippen LogP contribution >= 0.6 is 0 Å². The third-order valence-electron chi connectivity index (χ3n) is 4.12. The summed E-state index contributed by atoms with van der Waals surface area (Å²) in [5.74, 6) is 1.56. The Balaban J connectivity index is 1.70. The van der Waals surface area contributed by atoms with Gasteiger partial charge in [0.2, 0.25) is 12.6 Å². The number of benzene rings is 2. The van der Waals surface area contributed by atoms with Gasteiger partial charge in [0.25, 0.3) is 0 Å². The van der Waals surface area contributed by atoms with E-state index in [1.165, 1.54) is 12.1 Å². The van der Waals surface area contributed by atoms with E-state index in [0.29, 0.717) is 34.9 Å². The van der Waals surface area contributed by atoms with E-state index in [0.717, 1.165) is 10.5 Å². The zero-order chi connectivity index (χ0) is 17.6. The number of hydrogen-bond donors (Lipinski definition) is 1. The van der Waals surface area contributed by atoms with Gasteiger partial charge in [0.15, 0.2) is 17.3 Å². The number of hydrogen-bond acceptors (Lipinski definition) is 5. The lowest BCUT2D eigenvalue weighted by Gasteiger charge is -2.17. The van der Waals surface area contributed by atoms with Gasteiger partial charge in [-0.05, 0) is 29.8 Å². The van der Waals surface area contributed by atoms with Crippen LogP contribution < -0.4 is 24.2 Å². The Morgan fingerprint density at radius 1 is 1.16 bits per heavy atom. The fourth-order valence-electron chi connectivity index (χ4n) is 2.96. The molecule has 6 heteroatoms. The van der Waals surface area contributed by atoms with Crippen LogP contribution in [0.5, 0.6) is 23.0 Å². The maximum absolute atomic E-state index is 12.6. The van der Waals surface area contributed by atoms with Crippen molar-refractivity contribution in [1.82, 2.24) is 0 Å². The molecule has 2 aromatic rings. The predicted octanol–water partition coefficient (Wildman–Crippen LogP) is 0.750. The molecule has 0 saturated heterocycles. The van der Waals surface area contributed by atoms with Crippen LogP contribution in [0.1, 0.15) is 21.5 Å². The molecule has 0 amide bonds. The van der Waals surface area contributed by atoms with Crippen LogP contribution in [0, 0.1) is 0 Å². The molecule has 0 aliphatic carbocycles. The van der Waals surface area contributed by atoms with Crippen LogP contribution in [0.3, 0.4) is 0 Å². The maximum Gasteiger partial charge on any atom is 0.231 e. The largest absolute Gasteiger partial charge is 0.872 e. The van der Waals surface area contributed by atoms with Crippen LogP contribution in [0.4, 0.5) is 0 Å². The third-order valence-corrected chi connectivity index (χ3v) is 4.12. The Hall–Kier alpha value is -2.99. The Labute approximate surface area is 144 Å². The summed E-state index contributed by atoms with van der Waals surface area (Å²) >= 11 is 0. The highest BCUT2D eigenvalue weighted by Gasteiger charge is 2.30. The summed E-state index contributed by atoms with van der Waals surface area (Å²) in [5.41, 5.74) is 1.73. The minimum atomic E-state index is -0.220. The fourth-order valence-corrected chi connectivity index (χ4v) is 2.96. The molecule has 0 unspecified atom stereocenters. The Kier molecular flexibility index (Phi) is 3.62. The molecule has 1 N–H and O–H groups in total. The topological polar surface area (TPSA) is 72.3 Å². The lowest BCUT2D eigenvalue weighted by molar-refractivity contribution is -0.872. The SMILES string of the molecule is C[NH+](C)Cc1c([O-])ccc2c1O/C(=C\c1ccc3c(c1)OCO3)C2=O. The average molecular weight is 339 g/mol. The Bertz CT molecular complexity index is 901. The molecular formula is C19H17NO5. The second kappa shape index (κ2) is 5.82. The monoisotopic (exact) mass is 339 g/mol. The first-order valence-electron chi connectivity index (χ1n) is 7.99. The number of quaternary nitrogens is 1. The van der Waals surface area contributed by atoms with E-state index in [4.69, 9.17) is 14.2 Å². The summed E-state index contributed by atoms with van der Waals surface area (Å²) in [7, 11) is 3.89. The smallest absolute Gasteiger partial charge is 0.231 e. The summed E-state index contributed by atoms with van der Waals surface area (Å²) in [5, 5.41) is 12.2. The van der Waals surface area contributed by atoms with Gasteiger partial charge in [0.05, 0.1) is 19.7 Å². The van der Waals surface area contributed by atoms with E-state index in [2.05, 4.69) is 0 Å². The summed E-state index contributed by atoms with van der Waals surface area (Å²) < 4.78 is 16.4. The third kappa shape index (κ3) is 2.70. The first kappa shape index (κ1) is 15.5. The molecule has 0 spiro atoms. The normalized spacial score (nSPS) is 16.4. The van der Waals surface area contributed by atoms with Gasteiger partial charge in [-0.15, -0.1) is 0 Å². The number of nitrogens with one attached hydrogen (secondary N) is 1. The minimum Gasteiger partial charge on any atom is -0.872 e. The molecule has 0 bridgehead atoms. The lowest BCUT2D eigenvalue weighted by atomic mass is 10.0.